The molecular formula is C19H15F3N8O. The lowest BCUT2D eigenvalue weighted by molar-refractivity contribution is -0.137. The van der Waals surface area contributed by atoms with E-state index in [1.54, 1.807) is 24.5 Å². The maximum atomic E-state index is 12.6. The average Bonchev–Trinajstić information content (AvgIpc) is 3.38. The highest BCUT2D eigenvalue weighted by Crippen LogP contribution is 2.29. The van der Waals surface area contributed by atoms with Crippen molar-refractivity contribution < 1.29 is 18.0 Å². The molecule has 0 spiro atoms. The minimum atomic E-state index is -4.38. The number of aromatic nitrogens is 6. The molecule has 31 heavy (non-hydrogen) atoms. The molecule has 158 valence electrons. The van der Waals surface area contributed by atoms with Gasteiger partial charge in [0.15, 0.2) is 11.6 Å². The van der Waals surface area contributed by atoms with Gasteiger partial charge in [-0.25, -0.2) is 19.1 Å². The SMILES string of the molecule is O=C(Nc1cnn(-c2ccccn2)c1)Nc1cn(Cc2ccc(C(F)(F)F)cc2)nn1. The molecule has 0 unspecified atom stereocenters. The van der Waals surface area contributed by atoms with E-state index in [1.807, 2.05) is 6.07 Å². The molecule has 1 aromatic carbocycles. The van der Waals surface area contributed by atoms with E-state index in [1.165, 1.54) is 33.9 Å². The van der Waals surface area contributed by atoms with Gasteiger partial charge in [0.25, 0.3) is 0 Å². The summed E-state index contributed by atoms with van der Waals surface area (Å²) in [5.74, 6) is 0.781. The second-order valence-corrected chi connectivity index (χ2v) is 6.44. The van der Waals surface area contributed by atoms with Crippen LogP contribution >= 0.6 is 0 Å². The lowest BCUT2D eigenvalue weighted by atomic mass is 10.1. The molecular weight excluding hydrogens is 413 g/mol. The number of hydrogen-bond donors (Lipinski definition) is 2. The van der Waals surface area contributed by atoms with Crippen LogP contribution in [0.4, 0.5) is 29.5 Å². The van der Waals surface area contributed by atoms with Crippen molar-refractivity contribution in [1.82, 2.24) is 29.8 Å². The molecule has 0 radical (unpaired) electrons. The number of urea groups is 1. The number of amides is 2. The first-order valence-electron chi connectivity index (χ1n) is 8.97. The molecule has 0 atom stereocenters. The van der Waals surface area contributed by atoms with Gasteiger partial charge in [0.05, 0.1) is 36.4 Å². The average molecular weight is 428 g/mol. The summed E-state index contributed by atoms with van der Waals surface area (Å²) in [6, 6.07) is 9.55. The Morgan fingerprint density at radius 2 is 1.84 bits per heavy atom. The highest BCUT2D eigenvalue weighted by molar-refractivity contribution is 5.98. The molecule has 0 aliphatic rings. The second-order valence-electron chi connectivity index (χ2n) is 6.44. The molecule has 0 saturated carbocycles. The number of rotatable bonds is 5. The monoisotopic (exact) mass is 428 g/mol. The number of anilines is 2. The van der Waals surface area contributed by atoms with Crippen LogP contribution in [0.25, 0.3) is 5.82 Å². The summed E-state index contributed by atoms with van der Waals surface area (Å²) in [5.41, 5.74) is 0.330. The van der Waals surface area contributed by atoms with Crippen LogP contribution in [0.15, 0.2) is 67.3 Å². The Balaban J connectivity index is 1.33. The van der Waals surface area contributed by atoms with Crippen molar-refractivity contribution in [3.63, 3.8) is 0 Å². The number of benzene rings is 1. The van der Waals surface area contributed by atoms with E-state index in [0.717, 1.165) is 12.1 Å². The largest absolute Gasteiger partial charge is 0.416 e. The van der Waals surface area contributed by atoms with Crippen molar-refractivity contribution in [1.29, 1.82) is 0 Å². The lowest BCUT2D eigenvalue weighted by Crippen LogP contribution is -2.19. The van der Waals surface area contributed by atoms with Crippen molar-refractivity contribution in [3.8, 4) is 5.82 Å². The van der Waals surface area contributed by atoms with Crippen molar-refractivity contribution in [3.05, 3.63) is 78.4 Å². The van der Waals surface area contributed by atoms with Crippen molar-refractivity contribution in [2.75, 3.05) is 10.6 Å². The summed E-state index contributed by atoms with van der Waals surface area (Å²) in [5, 5.41) is 17.0. The van der Waals surface area contributed by atoms with Crippen LogP contribution in [0, 0.1) is 0 Å². The van der Waals surface area contributed by atoms with Gasteiger partial charge in [-0.05, 0) is 29.8 Å². The molecule has 0 aliphatic heterocycles. The highest BCUT2D eigenvalue weighted by Gasteiger charge is 2.29. The first-order chi connectivity index (χ1) is 14.9. The van der Waals surface area contributed by atoms with E-state index >= 15 is 0 Å². The molecule has 9 nitrogen and oxygen atoms in total. The van der Waals surface area contributed by atoms with Crippen LogP contribution in [0.2, 0.25) is 0 Å². The number of alkyl halides is 3. The fourth-order valence-electron chi connectivity index (χ4n) is 2.70. The Kier molecular flexibility index (Phi) is 5.35. The molecule has 12 heteroatoms. The summed E-state index contributed by atoms with van der Waals surface area (Å²) in [7, 11) is 0. The van der Waals surface area contributed by atoms with Gasteiger partial charge >= 0.3 is 12.2 Å². The summed E-state index contributed by atoms with van der Waals surface area (Å²) in [4.78, 5) is 16.3. The molecule has 2 amide bonds. The topological polar surface area (TPSA) is 103 Å². The number of nitrogens with one attached hydrogen (secondary N) is 2. The third-order valence-corrected chi connectivity index (χ3v) is 4.13. The van der Waals surface area contributed by atoms with Gasteiger partial charge in [0.2, 0.25) is 0 Å². The summed E-state index contributed by atoms with van der Waals surface area (Å²) < 4.78 is 40.8. The number of halogens is 3. The molecule has 3 heterocycles. The fraction of sp³-hybridized carbons (Fsp3) is 0.105. The molecule has 3 aromatic heterocycles. The van der Waals surface area contributed by atoms with E-state index in [4.69, 9.17) is 0 Å². The standard InChI is InChI=1S/C19H15F3N8O/c20-19(21,22)14-6-4-13(5-7-14)10-29-12-16(27-28-29)26-18(31)25-15-9-24-30(11-15)17-3-1-2-8-23-17/h1-9,11-12H,10H2,(H2,25,26,31). The minimum Gasteiger partial charge on any atom is -0.305 e. The zero-order chi connectivity index (χ0) is 21.8. The van der Waals surface area contributed by atoms with Crippen LogP contribution in [-0.4, -0.2) is 35.8 Å². The van der Waals surface area contributed by atoms with E-state index in [-0.39, 0.29) is 12.4 Å². The Morgan fingerprint density at radius 3 is 2.55 bits per heavy atom. The Hall–Kier alpha value is -4.22. The minimum absolute atomic E-state index is 0.182. The predicted octanol–water partition coefficient (Wildman–Crippen LogP) is 3.57. The zero-order valence-electron chi connectivity index (χ0n) is 15.8. The van der Waals surface area contributed by atoms with Crippen molar-refractivity contribution >= 4 is 17.5 Å². The molecule has 0 bridgehead atoms. The van der Waals surface area contributed by atoms with Crippen molar-refractivity contribution in [2.24, 2.45) is 0 Å². The smallest absolute Gasteiger partial charge is 0.305 e. The number of hydrogen-bond acceptors (Lipinski definition) is 5. The van der Waals surface area contributed by atoms with Crippen molar-refractivity contribution in [2.45, 2.75) is 12.7 Å². The predicted molar refractivity (Wildman–Crippen MR) is 105 cm³/mol. The molecule has 0 fully saturated rings. The van der Waals surface area contributed by atoms with Gasteiger partial charge in [-0.15, -0.1) is 5.10 Å². The van der Waals surface area contributed by atoms with E-state index in [9.17, 15) is 18.0 Å². The zero-order valence-corrected chi connectivity index (χ0v) is 15.8. The summed E-state index contributed by atoms with van der Waals surface area (Å²) in [6.45, 7) is 0.200. The molecule has 4 rings (SSSR count). The van der Waals surface area contributed by atoms with Crippen LogP contribution in [0.5, 0.6) is 0 Å². The maximum absolute atomic E-state index is 12.6. The molecule has 0 aliphatic carbocycles. The second kappa shape index (κ2) is 8.26. The number of carbonyl (C=O) groups excluding carboxylic acids is 1. The number of nitrogens with zero attached hydrogens (tertiary/aromatic N) is 6. The fourth-order valence-corrected chi connectivity index (χ4v) is 2.70. The summed E-state index contributed by atoms with van der Waals surface area (Å²) >= 11 is 0. The molecule has 0 saturated heterocycles. The third-order valence-electron chi connectivity index (χ3n) is 4.13. The van der Waals surface area contributed by atoms with Gasteiger partial charge in [-0.1, -0.05) is 23.4 Å². The van der Waals surface area contributed by atoms with E-state index < -0.39 is 17.8 Å². The van der Waals surface area contributed by atoms with E-state index in [2.05, 4.69) is 31.0 Å². The Labute approximate surface area is 173 Å². The quantitative estimate of drug-likeness (QED) is 0.506. The van der Waals surface area contributed by atoms with Crippen LogP contribution < -0.4 is 10.6 Å². The lowest BCUT2D eigenvalue weighted by Gasteiger charge is -2.07. The van der Waals surface area contributed by atoms with Crippen LogP contribution in [-0.2, 0) is 12.7 Å². The van der Waals surface area contributed by atoms with Gasteiger partial charge < -0.3 is 5.32 Å². The number of carbonyl (C=O) groups is 1. The summed E-state index contributed by atoms with van der Waals surface area (Å²) in [6.07, 6.45) is 1.78. The highest BCUT2D eigenvalue weighted by atomic mass is 19.4. The van der Waals surface area contributed by atoms with Gasteiger partial charge in [-0.2, -0.15) is 18.3 Å². The third kappa shape index (κ3) is 5.04. The first kappa shape index (κ1) is 20.1. The molecule has 4 aromatic rings. The van der Waals surface area contributed by atoms with Crippen LogP contribution in [0.1, 0.15) is 11.1 Å². The number of pyridine rings is 1. The Bertz CT molecular complexity index is 1170. The molecule has 2 N–H and O–H groups in total. The first-order valence-corrected chi connectivity index (χ1v) is 8.97. The van der Waals surface area contributed by atoms with Gasteiger partial charge in [0, 0.05) is 6.20 Å². The van der Waals surface area contributed by atoms with Gasteiger partial charge in [-0.3, -0.25) is 5.32 Å². The van der Waals surface area contributed by atoms with E-state index in [0.29, 0.717) is 17.1 Å². The Morgan fingerprint density at radius 1 is 1.03 bits per heavy atom. The van der Waals surface area contributed by atoms with Gasteiger partial charge in [0.1, 0.15) is 0 Å². The normalized spacial score (nSPS) is 11.3. The van der Waals surface area contributed by atoms with Crippen LogP contribution in [0.3, 0.4) is 0 Å². The maximum Gasteiger partial charge on any atom is 0.416 e.